The van der Waals surface area contributed by atoms with Crippen LogP contribution in [-0.2, 0) is 11.2 Å². The van der Waals surface area contributed by atoms with Gasteiger partial charge in [-0.25, -0.2) is 0 Å². The van der Waals surface area contributed by atoms with E-state index >= 15 is 0 Å². The molecule has 0 radical (unpaired) electrons. The molecule has 1 aromatic rings. The van der Waals surface area contributed by atoms with Crippen LogP contribution in [-0.4, -0.2) is 44.9 Å². The highest BCUT2D eigenvalue weighted by atomic mass is 35.5. The van der Waals surface area contributed by atoms with E-state index in [0.29, 0.717) is 29.0 Å². The molecule has 0 amide bonds. The SMILES string of the molecule is COCCOc1c(Cl)cc(CCN2CCCCC2)cc1Cl. The van der Waals surface area contributed by atoms with Crippen molar-refractivity contribution in [3.8, 4) is 5.75 Å². The second-order valence-electron chi connectivity index (χ2n) is 5.38. The van der Waals surface area contributed by atoms with E-state index in [2.05, 4.69) is 4.90 Å². The average Bonchev–Trinajstić information content (AvgIpc) is 2.49. The summed E-state index contributed by atoms with van der Waals surface area (Å²) in [5.41, 5.74) is 1.16. The Hall–Kier alpha value is -0.480. The first-order valence-corrected chi connectivity index (χ1v) is 8.28. The third-order valence-corrected chi connectivity index (χ3v) is 4.32. The number of methoxy groups -OCH3 is 1. The molecule has 0 aliphatic carbocycles. The van der Waals surface area contributed by atoms with Crippen LogP contribution >= 0.6 is 23.2 Å². The molecule has 0 N–H and O–H groups in total. The van der Waals surface area contributed by atoms with Crippen molar-refractivity contribution in [1.29, 1.82) is 0 Å². The Morgan fingerprint density at radius 3 is 2.33 bits per heavy atom. The lowest BCUT2D eigenvalue weighted by molar-refractivity contribution is 0.146. The largest absolute Gasteiger partial charge is 0.488 e. The average molecular weight is 332 g/mol. The Morgan fingerprint density at radius 1 is 1.05 bits per heavy atom. The van der Waals surface area contributed by atoms with Crippen LogP contribution in [0.2, 0.25) is 10.0 Å². The standard InChI is InChI=1S/C16H23Cl2NO2/c1-20-9-10-21-16-14(17)11-13(12-15(16)18)5-8-19-6-3-2-4-7-19/h11-12H,2-10H2,1H3. The lowest BCUT2D eigenvalue weighted by Gasteiger charge is -2.26. The van der Waals surface area contributed by atoms with Crippen LogP contribution < -0.4 is 4.74 Å². The van der Waals surface area contributed by atoms with Crippen LogP contribution in [0.3, 0.4) is 0 Å². The fraction of sp³-hybridized carbons (Fsp3) is 0.625. The Bertz CT molecular complexity index is 425. The molecule has 0 spiro atoms. The summed E-state index contributed by atoms with van der Waals surface area (Å²) in [6.45, 7) is 4.45. The molecule has 1 fully saturated rings. The zero-order chi connectivity index (χ0) is 15.1. The van der Waals surface area contributed by atoms with E-state index in [1.54, 1.807) is 7.11 Å². The van der Waals surface area contributed by atoms with Gasteiger partial charge in [-0.3, -0.25) is 0 Å². The minimum absolute atomic E-state index is 0.447. The van der Waals surface area contributed by atoms with Gasteiger partial charge in [0.15, 0.2) is 5.75 Å². The van der Waals surface area contributed by atoms with Gasteiger partial charge in [0, 0.05) is 13.7 Å². The van der Waals surface area contributed by atoms with Crippen molar-refractivity contribution >= 4 is 23.2 Å². The molecule has 118 valence electrons. The summed E-state index contributed by atoms with van der Waals surface area (Å²) >= 11 is 12.5. The maximum absolute atomic E-state index is 6.27. The monoisotopic (exact) mass is 331 g/mol. The van der Waals surface area contributed by atoms with Crippen molar-refractivity contribution in [3.05, 3.63) is 27.7 Å². The third-order valence-electron chi connectivity index (χ3n) is 3.76. The normalized spacial score (nSPS) is 16.1. The van der Waals surface area contributed by atoms with Gasteiger partial charge in [0.05, 0.1) is 16.7 Å². The molecule has 0 bridgehead atoms. The molecular weight excluding hydrogens is 309 g/mol. The van der Waals surface area contributed by atoms with Gasteiger partial charge < -0.3 is 14.4 Å². The molecule has 1 saturated heterocycles. The number of ether oxygens (including phenoxy) is 2. The number of halogens is 2. The quantitative estimate of drug-likeness (QED) is 0.703. The molecule has 1 aliphatic heterocycles. The van der Waals surface area contributed by atoms with Crippen molar-refractivity contribution in [1.82, 2.24) is 4.90 Å². The molecule has 0 saturated carbocycles. The number of hydrogen-bond acceptors (Lipinski definition) is 3. The first-order chi connectivity index (χ1) is 10.2. The summed E-state index contributed by atoms with van der Waals surface area (Å²) in [6.07, 6.45) is 4.96. The zero-order valence-electron chi connectivity index (χ0n) is 12.5. The highest BCUT2D eigenvalue weighted by Crippen LogP contribution is 2.34. The molecular formula is C16H23Cl2NO2. The highest BCUT2D eigenvalue weighted by molar-refractivity contribution is 6.37. The molecule has 3 nitrogen and oxygen atoms in total. The number of hydrogen-bond donors (Lipinski definition) is 0. The summed E-state index contributed by atoms with van der Waals surface area (Å²) < 4.78 is 10.5. The van der Waals surface area contributed by atoms with Crippen LogP contribution in [0, 0.1) is 0 Å². The molecule has 0 atom stereocenters. The lowest BCUT2D eigenvalue weighted by atomic mass is 10.1. The second-order valence-corrected chi connectivity index (χ2v) is 6.20. The molecule has 0 unspecified atom stereocenters. The van der Waals surface area contributed by atoms with E-state index in [4.69, 9.17) is 32.7 Å². The fourth-order valence-electron chi connectivity index (χ4n) is 2.59. The van der Waals surface area contributed by atoms with Gasteiger partial charge in [-0.05, 0) is 50.0 Å². The maximum Gasteiger partial charge on any atom is 0.156 e. The van der Waals surface area contributed by atoms with Gasteiger partial charge in [-0.1, -0.05) is 29.6 Å². The Balaban J connectivity index is 1.91. The van der Waals surface area contributed by atoms with E-state index in [-0.39, 0.29) is 0 Å². The van der Waals surface area contributed by atoms with E-state index in [0.717, 1.165) is 18.5 Å². The molecule has 1 aromatic carbocycles. The molecule has 2 rings (SSSR count). The fourth-order valence-corrected chi connectivity index (χ4v) is 3.23. The van der Waals surface area contributed by atoms with Gasteiger partial charge in [-0.2, -0.15) is 0 Å². The number of likely N-dealkylation sites (tertiary alicyclic amines) is 1. The number of nitrogens with zero attached hydrogens (tertiary/aromatic N) is 1. The predicted molar refractivity (Wildman–Crippen MR) is 87.8 cm³/mol. The van der Waals surface area contributed by atoms with E-state index < -0.39 is 0 Å². The maximum atomic E-state index is 6.27. The second kappa shape index (κ2) is 8.84. The summed E-state index contributed by atoms with van der Waals surface area (Å²) in [7, 11) is 1.64. The Labute approximate surface area is 137 Å². The summed E-state index contributed by atoms with van der Waals surface area (Å²) in [4.78, 5) is 2.51. The van der Waals surface area contributed by atoms with E-state index in [1.165, 1.54) is 32.4 Å². The summed E-state index contributed by atoms with van der Waals surface area (Å²) in [6, 6.07) is 3.92. The van der Waals surface area contributed by atoms with Crippen LogP contribution in [0.5, 0.6) is 5.75 Å². The van der Waals surface area contributed by atoms with E-state index in [1.807, 2.05) is 12.1 Å². The zero-order valence-corrected chi connectivity index (χ0v) is 14.1. The molecule has 0 aromatic heterocycles. The minimum Gasteiger partial charge on any atom is -0.488 e. The van der Waals surface area contributed by atoms with Gasteiger partial charge in [0.2, 0.25) is 0 Å². The van der Waals surface area contributed by atoms with Crippen molar-refractivity contribution in [3.63, 3.8) is 0 Å². The molecule has 1 heterocycles. The van der Waals surface area contributed by atoms with Gasteiger partial charge in [0.25, 0.3) is 0 Å². The summed E-state index contributed by atoms with van der Waals surface area (Å²) in [5.74, 6) is 0.553. The minimum atomic E-state index is 0.447. The van der Waals surface area contributed by atoms with Crippen LogP contribution in [0.1, 0.15) is 24.8 Å². The lowest BCUT2D eigenvalue weighted by Crippen LogP contribution is -2.31. The van der Waals surface area contributed by atoms with Crippen molar-refractivity contribution in [2.24, 2.45) is 0 Å². The molecule has 1 aliphatic rings. The first-order valence-electron chi connectivity index (χ1n) is 7.52. The highest BCUT2D eigenvalue weighted by Gasteiger charge is 2.12. The van der Waals surface area contributed by atoms with Gasteiger partial charge in [-0.15, -0.1) is 0 Å². The van der Waals surface area contributed by atoms with Gasteiger partial charge >= 0.3 is 0 Å². The molecule has 21 heavy (non-hydrogen) atoms. The smallest absolute Gasteiger partial charge is 0.156 e. The number of rotatable bonds is 7. The Kier molecular flexibility index (Phi) is 7.11. The topological polar surface area (TPSA) is 21.7 Å². The first kappa shape index (κ1) is 16.9. The van der Waals surface area contributed by atoms with Crippen LogP contribution in [0.15, 0.2) is 12.1 Å². The number of piperidine rings is 1. The third kappa shape index (κ3) is 5.33. The van der Waals surface area contributed by atoms with Crippen molar-refractivity contribution < 1.29 is 9.47 Å². The molecule has 5 heteroatoms. The van der Waals surface area contributed by atoms with Crippen molar-refractivity contribution in [2.45, 2.75) is 25.7 Å². The Morgan fingerprint density at radius 2 is 1.71 bits per heavy atom. The number of benzene rings is 1. The summed E-state index contributed by atoms with van der Waals surface area (Å²) in [5, 5.41) is 1.15. The van der Waals surface area contributed by atoms with Crippen molar-refractivity contribution in [2.75, 3.05) is 40.0 Å². The van der Waals surface area contributed by atoms with E-state index in [9.17, 15) is 0 Å². The van der Waals surface area contributed by atoms with Crippen LogP contribution in [0.25, 0.3) is 0 Å². The van der Waals surface area contributed by atoms with Crippen LogP contribution in [0.4, 0.5) is 0 Å². The predicted octanol–water partition coefficient (Wildman–Crippen LogP) is 4.05. The van der Waals surface area contributed by atoms with Gasteiger partial charge in [0.1, 0.15) is 6.61 Å².